The number of aryl methyl sites for hydroxylation is 2. The van der Waals surface area contributed by atoms with Crippen molar-refractivity contribution in [3.63, 3.8) is 0 Å². The van der Waals surface area contributed by atoms with E-state index in [1.54, 1.807) is 9.58 Å². The van der Waals surface area contributed by atoms with Crippen molar-refractivity contribution in [2.45, 2.75) is 44.0 Å². The van der Waals surface area contributed by atoms with Crippen LogP contribution >= 0.6 is 0 Å². The Kier molecular flexibility index (Phi) is 7.65. The van der Waals surface area contributed by atoms with Crippen LogP contribution in [0.3, 0.4) is 0 Å². The van der Waals surface area contributed by atoms with Gasteiger partial charge in [0.15, 0.2) is 0 Å². The maximum absolute atomic E-state index is 13.5. The Morgan fingerprint density at radius 1 is 1.05 bits per heavy atom. The normalized spacial score (nSPS) is 17.9. The Hall–Kier alpha value is -4.24. The number of aromatic nitrogens is 3. The van der Waals surface area contributed by atoms with Crippen molar-refractivity contribution in [1.82, 2.24) is 25.2 Å². The molecule has 1 fully saturated rings. The molecule has 1 saturated heterocycles. The predicted molar refractivity (Wildman–Crippen MR) is 144 cm³/mol. The van der Waals surface area contributed by atoms with E-state index < -0.39 is 12.1 Å². The first-order chi connectivity index (χ1) is 18.5. The average Bonchev–Trinajstić information content (AvgIpc) is 3.54. The van der Waals surface area contributed by atoms with E-state index in [1.807, 2.05) is 85.9 Å². The fourth-order valence-corrected chi connectivity index (χ4v) is 4.87. The molecule has 3 N–H and O–H groups in total. The molecular formula is C29H32N6O3. The van der Waals surface area contributed by atoms with Gasteiger partial charge in [0, 0.05) is 20.0 Å². The highest BCUT2D eigenvalue weighted by atomic mass is 16.5. The first-order valence-corrected chi connectivity index (χ1v) is 12.9. The molecule has 2 heterocycles. The lowest BCUT2D eigenvalue weighted by Gasteiger charge is -2.26. The number of carbonyl (C=O) groups is 2. The lowest BCUT2D eigenvalue weighted by atomic mass is 10.0. The molecule has 1 aliphatic rings. The molecule has 1 aliphatic heterocycles. The van der Waals surface area contributed by atoms with Gasteiger partial charge in [-0.2, -0.15) is 0 Å². The second kappa shape index (κ2) is 11.4. The second-order valence-electron chi connectivity index (χ2n) is 9.68. The molecule has 0 aliphatic carbocycles. The molecule has 0 spiro atoms. The van der Waals surface area contributed by atoms with Gasteiger partial charge in [-0.25, -0.2) is 4.68 Å². The number of ether oxygens (including phenoxy) is 1. The first-order valence-electron chi connectivity index (χ1n) is 12.9. The third-order valence-electron chi connectivity index (χ3n) is 6.94. The zero-order valence-corrected chi connectivity index (χ0v) is 21.4. The molecule has 0 saturated carbocycles. The maximum atomic E-state index is 13.5. The summed E-state index contributed by atoms with van der Waals surface area (Å²) in [6.07, 6.45) is 1.26. The maximum Gasteiger partial charge on any atom is 0.243 e. The van der Waals surface area contributed by atoms with E-state index in [4.69, 9.17) is 10.5 Å². The minimum atomic E-state index is -0.708. The quantitative estimate of drug-likeness (QED) is 0.356. The van der Waals surface area contributed by atoms with Crippen LogP contribution in [-0.2, 0) is 29.6 Å². The Bertz CT molecular complexity index is 1390. The summed E-state index contributed by atoms with van der Waals surface area (Å²) in [4.78, 5) is 28.4. The van der Waals surface area contributed by atoms with Crippen molar-refractivity contribution < 1.29 is 14.3 Å². The SMILES string of the molecule is Cn1nnc2cc(CNC(=O)[C@@H]3C[C@@H](Oc4ccccc4)CN3C(=O)[C@H](N)CCc3ccccc3)ccc21. The van der Waals surface area contributed by atoms with Crippen molar-refractivity contribution in [2.24, 2.45) is 12.8 Å². The van der Waals surface area contributed by atoms with Crippen molar-refractivity contribution >= 4 is 22.8 Å². The topological polar surface area (TPSA) is 115 Å². The van der Waals surface area contributed by atoms with Crippen LogP contribution in [-0.4, -0.2) is 56.4 Å². The van der Waals surface area contributed by atoms with Gasteiger partial charge in [0.25, 0.3) is 0 Å². The van der Waals surface area contributed by atoms with Crippen LogP contribution in [0.5, 0.6) is 5.75 Å². The third kappa shape index (κ3) is 5.84. The van der Waals surface area contributed by atoms with E-state index in [1.165, 1.54) is 0 Å². The van der Waals surface area contributed by atoms with Crippen LogP contribution in [0.25, 0.3) is 11.0 Å². The summed E-state index contributed by atoms with van der Waals surface area (Å²) < 4.78 is 7.83. The zero-order valence-electron chi connectivity index (χ0n) is 21.4. The van der Waals surface area contributed by atoms with Crippen molar-refractivity contribution in [1.29, 1.82) is 0 Å². The molecule has 0 bridgehead atoms. The van der Waals surface area contributed by atoms with Gasteiger partial charge in [-0.1, -0.05) is 59.8 Å². The number of benzene rings is 3. The molecule has 9 nitrogen and oxygen atoms in total. The lowest BCUT2D eigenvalue weighted by Crippen LogP contribution is -2.51. The molecule has 0 radical (unpaired) electrons. The molecule has 38 heavy (non-hydrogen) atoms. The summed E-state index contributed by atoms with van der Waals surface area (Å²) in [7, 11) is 1.83. The number of nitrogens with zero attached hydrogens (tertiary/aromatic N) is 4. The molecule has 5 rings (SSSR count). The van der Waals surface area contributed by atoms with E-state index in [0.717, 1.165) is 22.2 Å². The molecule has 196 valence electrons. The van der Waals surface area contributed by atoms with Gasteiger partial charge >= 0.3 is 0 Å². The molecule has 9 heteroatoms. The summed E-state index contributed by atoms with van der Waals surface area (Å²) in [5, 5.41) is 11.2. The fraction of sp³-hybridized carbons (Fsp3) is 0.310. The van der Waals surface area contributed by atoms with E-state index >= 15 is 0 Å². The monoisotopic (exact) mass is 512 g/mol. The van der Waals surface area contributed by atoms with E-state index in [0.29, 0.717) is 38.1 Å². The Morgan fingerprint density at radius 2 is 1.79 bits per heavy atom. The predicted octanol–water partition coefficient (Wildman–Crippen LogP) is 2.59. The number of hydrogen-bond donors (Lipinski definition) is 2. The molecule has 4 aromatic rings. The van der Waals surface area contributed by atoms with Crippen molar-refractivity contribution in [2.75, 3.05) is 6.54 Å². The van der Waals surface area contributed by atoms with Crippen LogP contribution in [0, 0.1) is 0 Å². The number of hydrogen-bond acceptors (Lipinski definition) is 6. The number of para-hydroxylation sites is 1. The minimum absolute atomic E-state index is 0.230. The molecular weight excluding hydrogens is 480 g/mol. The van der Waals surface area contributed by atoms with Crippen molar-refractivity contribution in [3.8, 4) is 5.75 Å². The molecule has 3 aromatic carbocycles. The summed E-state index contributed by atoms with van der Waals surface area (Å²) in [5.74, 6) is 0.241. The number of carbonyl (C=O) groups excluding carboxylic acids is 2. The zero-order chi connectivity index (χ0) is 26.5. The summed E-state index contributed by atoms with van der Waals surface area (Å²) in [5.41, 5.74) is 10.0. The number of likely N-dealkylation sites (tertiary alicyclic amines) is 1. The largest absolute Gasteiger partial charge is 0.488 e. The first kappa shape index (κ1) is 25.4. The fourth-order valence-electron chi connectivity index (χ4n) is 4.87. The highest BCUT2D eigenvalue weighted by molar-refractivity contribution is 5.90. The molecule has 1 aromatic heterocycles. The number of fused-ring (bicyclic) bond motifs is 1. The summed E-state index contributed by atoms with van der Waals surface area (Å²) >= 11 is 0. The third-order valence-corrected chi connectivity index (χ3v) is 6.94. The summed E-state index contributed by atoms with van der Waals surface area (Å²) in [6, 6.07) is 23.8. The second-order valence-corrected chi connectivity index (χ2v) is 9.68. The summed E-state index contributed by atoms with van der Waals surface area (Å²) in [6.45, 7) is 0.616. The van der Waals surface area contributed by atoms with Gasteiger partial charge in [-0.3, -0.25) is 9.59 Å². The van der Waals surface area contributed by atoms with Crippen LogP contribution < -0.4 is 15.8 Å². The van der Waals surface area contributed by atoms with Crippen LogP contribution in [0.15, 0.2) is 78.9 Å². The lowest BCUT2D eigenvalue weighted by molar-refractivity contribution is -0.139. The highest BCUT2D eigenvalue weighted by Gasteiger charge is 2.42. The number of amides is 2. The van der Waals surface area contributed by atoms with Gasteiger partial charge in [-0.05, 0) is 48.2 Å². The van der Waals surface area contributed by atoms with Crippen molar-refractivity contribution in [3.05, 3.63) is 90.0 Å². The van der Waals surface area contributed by atoms with Gasteiger partial charge in [0.05, 0.1) is 18.1 Å². The van der Waals surface area contributed by atoms with Gasteiger partial charge in [0.1, 0.15) is 23.4 Å². The van der Waals surface area contributed by atoms with Crippen LogP contribution in [0.1, 0.15) is 24.0 Å². The average molecular weight is 513 g/mol. The van der Waals surface area contributed by atoms with E-state index in [9.17, 15) is 9.59 Å². The van der Waals surface area contributed by atoms with Crippen LogP contribution in [0.2, 0.25) is 0 Å². The number of rotatable bonds is 9. The van der Waals surface area contributed by atoms with Gasteiger partial charge < -0.3 is 20.7 Å². The van der Waals surface area contributed by atoms with E-state index in [2.05, 4.69) is 15.6 Å². The van der Waals surface area contributed by atoms with Gasteiger partial charge in [-0.15, -0.1) is 5.10 Å². The molecule has 2 amide bonds. The standard InChI is InChI=1S/C29H32N6O3/c1-34-26-15-13-21(16-25(26)32-33-34)18-31-28(36)27-17-23(38-22-10-6-3-7-11-22)19-35(27)29(37)24(30)14-12-20-8-4-2-5-9-20/h2-11,13,15-16,23-24,27H,12,14,17-19,30H2,1H3,(H,31,36)/t23-,24-,27+/m1/s1. The molecule has 0 unspecified atom stereocenters. The Labute approximate surface area is 221 Å². The molecule has 3 atom stereocenters. The highest BCUT2D eigenvalue weighted by Crippen LogP contribution is 2.25. The minimum Gasteiger partial charge on any atom is -0.488 e. The number of nitrogens with two attached hydrogens (primary N) is 1. The Morgan fingerprint density at radius 3 is 2.55 bits per heavy atom. The van der Waals surface area contributed by atoms with Crippen LogP contribution in [0.4, 0.5) is 0 Å². The smallest absolute Gasteiger partial charge is 0.243 e. The van der Waals surface area contributed by atoms with E-state index in [-0.39, 0.29) is 17.9 Å². The number of nitrogens with one attached hydrogen (secondary N) is 1. The Balaban J connectivity index is 1.26. The van der Waals surface area contributed by atoms with Gasteiger partial charge in [0.2, 0.25) is 11.8 Å².